The van der Waals surface area contributed by atoms with Crippen LogP contribution in [0, 0.1) is 11.3 Å². The first-order valence-electron chi connectivity index (χ1n) is 7.13. The molecule has 2 N–H and O–H groups in total. The lowest BCUT2D eigenvalue weighted by molar-refractivity contribution is 0.306. The van der Waals surface area contributed by atoms with E-state index in [0.29, 0.717) is 5.92 Å². The van der Waals surface area contributed by atoms with E-state index in [9.17, 15) is 0 Å². The standard InChI is InChI=1S/C15H28N4/c1-12(2)10-15(3,4)11-18-14-7-9-17-13(19-14)6-8-16-5/h7,9,12,16H,6,8,10-11H2,1-5H3,(H,17,18,19). The van der Waals surface area contributed by atoms with Crippen molar-refractivity contribution in [3.05, 3.63) is 18.1 Å². The van der Waals surface area contributed by atoms with Crippen LogP contribution in [0.15, 0.2) is 12.3 Å². The van der Waals surface area contributed by atoms with Crippen LogP contribution in [0.4, 0.5) is 5.82 Å². The van der Waals surface area contributed by atoms with Gasteiger partial charge in [0.1, 0.15) is 11.6 Å². The first-order valence-corrected chi connectivity index (χ1v) is 7.13. The van der Waals surface area contributed by atoms with Crippen LogP contribution in [0.2, 0.25) is 0 Å². The summed E-state index contributed by atoms with van der Waals surface area (Å²) in [6, 6.07) is 1.94. The van der Waals surface area contributed by atoms with Gasteiger partial charge in [-0.25, -0.2) is 9.97 Å². The van der Waals surface area contributed by atoms with E-state index in [2.05, 4.69) is 48.3 Å². The van der Waals surface area contributed by atoms with Gasteiger partial charge in [0.05, 0.1) is 0 Å². The number of hydrogen-bond donors (Lipinski definition) is 2. The van der Waals surface area contributed by atoms with Crippen molar-refractivity contribution < 1.29 is 0 Å². The van der Waals surface area contributed by atoms with Gasteiger partial charge >= 0.3 is 0 Å². The third-order valence-electron chi connectivity index (χ3n) is 3.01. The van der Waals surface area contributed by atoms with Crippen molar-refractivity contribution in [3.63, 3.8) is 0 Å². The second kappa shape index (κ2) is 7.43. The lowest BCUT2D eigenvalue weighted by atomic mass is 9.84. The van der Waals surface area contributed by atoms with Gasteiger partial charge < -0.3 is 10.6 Å². The van der Waals surface area contributed by atoms with Gasteiger partial charge in [-0.2, -0.15) is 0 Å². The molecule has 0 saturated carbocycles. The van der Waals surface area contributed by atoms with Crippen molar-refractivity contribution in [1.82, 2.24) is 15.3 Å². The van der Waals surface area contributed by atoms with Crippen molar-refractivity contribution in [2.45, 2.75) is 40.5 Å². The van der Waals surface area contributed by atoms with Gasteiger partial charge in [-0.1, -0.05) is 27.7 Å². The van der Waals surface area contributed by atoms with Crippen molar-refractivity contribution in [3.8, 4) is 0 Å². The summed E-state index contributed by atoms with van der Waals surface area (Å²) in [6.07, 6.45) is 3.90. The quantitative estimate of drug-likeness (QED) is 0.758. The average molecular weight is 264 g/mol. The number of nitrogens with zero attached hydrogens (tertiary/aromatic N) is 2. The van der Waals surface area contributed by atoms with E-state index in [4.69, 9.17) is 0 Å². The molecular formula is C15H28N4. The van der Waals surface area contributed by atoms with Gasteiger partial charge in [-0.3, -0.25) is 0 Å². The largest absolute Gasteiger partial charge is 0.369 e. The zero-order chi connectivity index (χ0) is 14.3. The molecular weight excluding hydrogens is 236 g/mol. The molecule has 0 saturated heterocycles. The normalized spacial score (nSPS) is 11.9. The molecule has 0 unspecified atom stereocenters. The van der Waals surface area contributed by atoms with Crippen LogP contribution in [0.25, 0.3) is 0 Å². The summed E-state index contributed by atoms with van der Waals surface area (Å²) < 4.78 is 0. The van der Waals surface area contributed by atoms with Gasteiger partial charge in [-0.05, 0) is 30.9 Å². The summed E-state index contributed by atoms with van der Waals surface area (Å²) in [6.45, 7) is 11.0. The molecule has 19 heavy (non-hydrogen) atoms. The van der Waals surface area contributed by atoms with Crippen LogP contribution >= 0.6 is 0 Å². The summed E-state index contributed by atoms with van der Waals surface area (Å²) in [7, 11) is 1.94. The number of likely N-dealkylation sites (N-methyl/N-ethyl adjacent to an activating group) is 1. The monoisotopic (exact) mass is 264 g/mol. The number of anilines is 1. The Morgan fingerprint density at radius 3 is 2.68 bits per heavy atom. The van der Waals surface area contributed by atoms with Crippen LogP contribution in [0.5, 0.6) is 0 Å². The molecule has 108 valence electrons. The van der Waals surface area contributed by atoms with Gasteiger partial charge in [0.2, 0.25) is 0 Å². The van der Waals surface area contributed by atoms with Crippen molar-refractivity contribution in [2.24, 2.45) is 11.3 Å². The van der Waals surface area contributed by atoms with Crippen LogP contribution in [0.1, 0.15) is 39.9 Å². The molecule has 0 aliphatic heterocycles. The molecule has 4 heteroatoms. The lowest BCUT2D eigenvalue weighted by Crippen LogP contribution is -2.25. The molecule has 0 atom stereocenters. The Labute approximate surface area is 117 Å². The molecule has 0 amide bonds. The highest BCUT2D eigenvalue weighted by molar-refractivity contribution is 5.33. The molecule has 0 fully saturated rings. The molecule has 0 bridgehead atoms. The number of rotatable bonds is 8. The SMILES string of the molecule is CNCCc1nccc(NCC(C)(C)CC(C)C)n1. The zero-order valence-electron chi connectivity index (χ0n) is 13.0. The zero-order valence-corrected chi connectivity index (χ0v) is 13.0. The third-order valence-corrected chi connectivity index (χ3v) is 3.01. The van der Waals surface area contributed by atoms with Crippen LogP contribution < -0.4 is 10.6 Å². The fourth-order valence-electron chi connectivity index (χ4n) is 2.36. The summed E-state index contributed by atoms with van der Waals surface area (Å²) in [5, 5.41) is 6.55. The Hall–Kier alpha value is -1.16. The first-order chi connectivity index (χ1) is 8.93. The lowest BCUT2D eigenvalue weighted by Gasteiger charge is -2.27. The molecule has 1 aromatic rings. The van der Waals surface area contributed by atoms with Crippen LogP contribution in [-0.2, 0) is 6.42 Å². The van der Waals surface area contributed by atoms with E-state index in [1.54, 1.807) is 0 Å². The highest BCUT2D eigenvalue weighted by Crippen LogP contribution is 2.25. The predicted octanol–water partition coefficient (Wildman–Crippen LogP) is 2.72. The Bertz CT molecular complexity index is 374. The molecule has 4 nitrogen and oxygen atoms in total. The maximum Gasteiger partial charge on any atom is 0.131 e. The van der Waals surface area contributed by atoms with Gasteiger partial charge in [0.15, 0.2) is 0 Å². The van der Waals surface area contributed by atoms with E-state index < -0.39 is 0 Å². The predicted molar refractivity (Wildman–Crippen MR) is 81.4 cm³/mol. The molecule has 0 aromatic carbocycles. The van der Waals surface area contributed by atoms with Crippen molar-refractivity contribution >= 4 is 5.82 Å². The Morgan fingerprint density at radius 2 is 2.05 bits per heavy atom. The minimum atomic E-state index is 0.282. The molecule has 0 aliphatic rings. The average Bonchev–Trinajstić information content (AvgIpc) is 2.33. The fourth-order valence-corrected chi connectivity index (χ4v) is 2.36. The highest BCUT2D eigenvalue weighted by Gasteiger charge is 2.19. The van der Waals surface area contributed by atoms with E-state index in [-0.39, 0.29) is 5.41 Å². The van der Waals surface area contributed by atoms with E-state index in [0.717, 1.165) is 31.2 Å². The number of aromatic nitrogens is 2. The minimum Gasteiger partial charge on any atom is -0.369 e. The second-order valence-corrected chi connectivity index (χ2v) is 6.33. The van der Waals surface area contributed by atoms with Crippen LogP contribution in [0.3, 0.4) is 0 Å². The molecule has 0 radical (unpaired) electrons. The fraction of sp³-hybridized carbons (Fsp3) is 0.733. The van der Waals surface area contributed by atoms with E-state index in [1.165, 1.54) is 6.42 Å². The summed E-state index contributed by atoms with van der Waals surface area (Å²) >= 11 is 0. The minimum absolute atomic E-state index is 0.282. The topological polar surface area (TPSA) is 49.8 Å². The molecule has 1 heterocycles. The summed E-state index contributed by atoms with van der Waals surface area (Å²) in [4.78, 5) is 8.81. The first kappa shape index (κ1) is 15.9. The maximum absolute atomic E-state index is 4.53. The molecule has 1 rings (SSSR count). The van der Waals surface area contributed by atoms with E-state index in [1.807, 2.05) is 19.3 Å². The smallest absolute Gasteiger partial charge is 0.131 e. The van der Waals surface area contributed by atoms with Gasteiger partial charge in [0.25, 0.3) is 0 Å². The second-order valence-electron chi connectivity index (χ2n) is 6.33. The molecule has 1 aromatic heterocycles. The summed E-state index contributed by atoms with van der Waals surface area (Å²) in [5.74, 6) is 2.53. The number of hydrogen-bond acceptors (Lipinski definition) is 4. The van der Waals surface area contributed by atoms with Crippen molar-refractivity contribution in [1.29, 1.82) is 0 Å². The van der Waals surface area contributed by atoms with Crippen molar-refractivity contribution in [2.75, 3.05) is 25.5 Å². The Balaban J connectivity index is 2.52. The highest BCUT2D eigenvalue weighted by atomic mass is 15.0. The van der Waals surface area contributed by atoms with Gasteiger partial charge in [-0.15, -0.1) is 0 Å². The number of nitrogens with one attached hydrogen (secondary N) is 2. The molecule has 0 spiro atoms. The summed E-state index contributed by atoms with van der Waals surface area (Å²) in [5.41, 5.74) is 0.282. The Morgan fingerprint density at radius 1 is 1.32 bits per heavy atom. The van der Waals surface area contributed by atoms with E-state index >= 15 is 0 Å². The molecule has 0 aliphatic carbocycles. The Kier molecular flexibility index (Phi) is 6.22. The maximum atomic E-state index is 4.53. The third kappa shape index (κ3) is 6.53. The van der Waals surface area contributed by atoms with Crippen LogP contribution in [-0.4, -0.2) is 30.1 Å². The van der Waals surface area contributed by atoms with Gasteiger partial charge in [0, 0.05) is 25.7 Å².